The molecule has 1 aromatic carbocycles. The molecule has 2 nitrogen and oxygen atoms in total. The van der Waals surface area contributed by atoms with Gasteiger partial charge >= 0.3 is 0 Å². The van der Waals surface area contributed by atoms with Crippen molar-refractivity contribution in [3.8, 4) is 0 Å². The first-order valence-electron chi connectivity index (χ1n) is 3.71. The second-order valence-electron chi connectivity index (χ2n) is 2.67. The van der Waals surface area contributed by atoms with E-state index in [0.717, 1.165) is 17.5 Å². The summed E-state index contributed by atoms with van der Waals surface area (Å²) < 4.78 is 0. The summed E-state index contributed by atoms with van der Waals surface area (Å²) in [6.07, 6.45) is 2.64. The average molecular weight is 161 g/mol. The van der Waals surface area contributed by atoms with Crippen molar-refractivity contribution in [3.63, 3.8) is 0 Å². The van der Waals surface area contributed by atoms with Gasteiger partial charge in [0.25, 0.3) is 0 Å². The monoisotopic (exact) mass is 161 g/mol. The lowest BCUT2D eigenvalue weighted by Gasteiger charge is -1.94. The lowest BCUT2D eigenvalue weighted by Crippen LogP contribution is -1.83. The number of allylic oxidation sites excluding steroid dienone is 1. The van der Waals surface area contributed by atoms with Gasteiger partial charge in [-0.3, -0.25) is 4.79 Å². The van der Waals surface area contributed by atoms with Crippen LogP contribution in [0.2, 0.25) is 0 Å². The molecule has 1 rings (SSSR count). The molecule has 62 valence electrons. The van der Waals surface area contributed by atoms with Crippen LogP contribution >= 0.6 is 0 Å². The van der Waals surface area contributed by atoms with E-state index in [2.05, 4.69) is 0 Å². The highest BCUT2D eigenvalue weighted by molar-refractivity contribution is 5.80. The number of nitrogens with two attached hydrogens (primary N) is 1. The van der Waals surface area contributed by atoms with Crippen LogP contribution in [-0.2, 0) is 4.79 Å². The van der Waals surface area contributed by atoms with E-state index < -0.39 is 0 Å². The van der Waals surface area contributed by atoms with Gasteiger partial charge in [-0.1, -0.05) is 12.1 Å². The molecule has 0 heterocycles. The van der Waals surface area contributed by atoms with Crippen molar-refractivity contribution in [2.24, 2.45) is 0 Å². The molecule has 2 N–H and O–H groups in total. The Hall–Kier alpha value is -1.57. The molecule has 2 heteroatoms. The maximum absolute atomic E-state index is 10.3. The summed E-state index contributed by atoms with van der Waals surface area (Å²) in [6, 6.07) is 7.37. The normalized spacial score (nSPS) is 11.2. The average Bonchev–Trinajstić information content (AvgIpc) is 2.09. The molecular formula is C10H11NO. The zero-order valence-electron chi connectivity index (χ0n) is 6.95. The van der Waals surface area contributed by atoms with Crippen LogP contribution in [0, 0.1) is 0 Å². The smallest absolute Gasteiger partial charge is 0.145 e. The fourth-order valence-electron chi connectivity index (χ4n) is 0.889. The topological polar surface area (TPSA) is 43.1 Å². The highest BCUT2D eigenvalue weighted by atomic mass is 16.1. The van der Waals surface area contributed by atoms with E-state index in [0.29, 0.717) is 5.57 Å². The third kappa shape index (κ3) is 2.23. The third-order valence-corrected chi connectivity index (χ3v) is 1.52. The van der Waals surface area contributed by atoms with Crippen molar-refractivity contribution in [1.82, 2.24) is 0 Å². The van der Waals surface area contributed by atoms with Gasteiger partial charge in [0.05, 0.1) is 0 Å². The van der Waals surface area contributed by atoms with Crippen LogP contribution < -0.4 is 5.73 Å². The molecule has 0 aliphatic heterocycles. The number of hydrogen-bond donors (Lipinski definition) is 1. The van der Waals surface area contributed by atoms with Gasteiger partial charge in [0.1, 0.15) is 6.29 Å². The van der Waals surface area contributed by atoms with Gasteiger partial charge in [0.2, 0.25) is 0 Å². The Morgan fingerprint density at radius 1 is 1.33 bits per heavy atom. The summed E-state index contributed by atoms with van der Waals surface area (Å²) in [5, 5.41) is 0. The Kier molecular flexibility index (Phi) is 2.64. The fourth-order valence-corrected chi connectivity index (χ4v) is 0.889. The number of hydrogen-bond acceptors (Lipinski definition) is 2. The summed E-state index contributed by atoms with van der Waals surface area (Å²) in [6.45, 7) is 1.77. The van der Waals surface area contributed by atoms with Crippen molar-refractivity contribution >= 4 is 18.0 Å². The van der Waals surface area contributed by atoms with E-state index in [1.165, 1.54) is 0 Å². The van der Waals surface area contributed by atoms with Gasteiger partial charge in [0, 0.05) is 5.69 Å². The van der Waals surface area contributed by atoms with Gasteiger partial charge < -0.3 is 5.73 Å². The number of nitrogen functional groups attached to an aromatic ring is 1. The Labute approximate surface area is 71.7 Å². The molecule has 0 spiro atoms. The van der Waals surface area contributed by atoms with E-state index in [1.807, 2.05) is 30.3 Å². The minimum absolute atomic E-state index is 0.708. The molecular weight excluding hydrogens is 150 g/mol. The molecule has 0 unspecified atom stereocenters. The SMILES string of the molecule is C/C(C=O)=C/c1ccc(N)cc1. The van der Waals surface area contributed by atoms with E-state index in [9.17, 15) is 4.79 Å². The maximum atomic E-state index is 10.3. The number of benzene rings is 1. The molecule has 0 aliphatic rings. The number of rotatable bonds is 2. The minimum atomic E-state index is 0.708. The molecule has 0 saturated heterocycles. The molecule has 0 amide bonds. The van der Waals surface area contributed by atoms with Crippen LogP contribution in [0.25, 0.3) is 6.08 Å². The maximum Gasteiger partial charge on any atom is 0.145 e. The number of aldehydes is 1. The summed E-state index contributed by atoms with van der Waals surface area (Å²) in [5.41, 5.74) is 7.93. The summed E-state index contributed by atoms with van der Waals surface area (Å²) in [5.74, 6) is 0. The van der Waals surface area contributed by atoms with Crippen molar-refractivity contribution in [2.75, 3.05) is 5.73 Å². The third-order valence-electron chi connectivity index (χ3n) is 1.52. The number of anilines is 1. The fraction of sp³-hybridized carbons (Fsp3) is 0.100. The lowest BCUT2D eigenvalue weighted by atomic mass is 10.1. The molecule has 0 radical (unpaired) electrons. The molecule has 0 aliphatic carbocycles. The van der Waals surface area contributed by atoms with Crippen LogP contribution in [0.15, 0.2) is 29.8 Å². The van der Waals surface area contributed by atoms with Gasteiger partial charge in [-0.15, -0.1) is 0 Å². The van der Waals surface area contributed by atoms with E-state index >= 15 is 0 Å². The quantitative estimate of drug-likeness (QED) is 0.409. The van der Waals surface area contributed by atoms with Crippen LogP contribution in [-0.4, -0.2) is 6.29 Å². The summed E-state index contributed by atoms with van der Waals surface area (Å²) in [7, 11) is 0. The number of carbonyl (C=O) groups is 1. The van der Waals surface area contributed by atoms with Crippen LogP contribution in [0.4, 0.5) is 5.69 Å². The zero-order chi connectivity index (χ0) is 8.97. The van der Waals surface area contributed by atoms with Gasteiger partial charge in [-0.2, -0.15) is 0 Å². The first-order valence-corrected chi connectivity index (χ1v) is 3.71. The highest BCUT2D eigenvalue weighted by Gasteiger charge is 1.88. The molecule has 1 aromatic rings. The molecule has 0 atom stereocenters. The zero-order valence-corrected chi connectivity index (χ0v) is 6.95. The van der Waals surface area contributed by atoms with Gasteiger partial charge in [-0.25, -0.2) is 0 Å². The first-order chi connectivity index (χ1) is 5.72. The lowest BCUT2D eigenvalue weighted by molar-refractivity contribution is -0.104. The predicted octanol–water partition coefficient (Wildman–Crippen LogP) is 1.87. The molecule has 0 saturated carbocycles. The van der Waals surface area contributed by atoms with Crippen molar-refractivity contribution in [2.45, 2.75) is 6.92 Å². The van der Waals surface area contributed by atoms with Crippen LogP contribution in [0.1, 0.15) is 12.5 Å². The van der Waals surface area contributed by atoms with Gasteiger partial charge in [0.15, 0.2) is 0 Å². The molecule has 12 heavy (non-hydrogen) atoms. The Morgan fingerprint density at radius 2 is 1.92 bits per heavy atom. The largest absolute Gasteiger partial charge is 0.399 e. The number of carbonyl (C=O) groups excluding carboxylic acids is 1. The first kappa shape index (κ1) is 8.53. The van der Waals surface area contributed by atoms with Crippen molar-refractivity contribution in [1.29, 1.82) is 0 Å². The summed E-state index contributed by atoms with van der Waals surface area (Å²) in [4.78, 5) is 10.3. The van der Waals surface area contributed by atoms with Crippen molar-refractivity contribution in [3.05, 3.63) is 35.4 Å². The second kappa shape index (κ2) is 3.72. The van der Waals surface area contributed by atoms with E-state index in [4.69, 9.17) is 5.73 Å². The summed E-state index contributed by atoms with van der Waals surface area (Å²) >= 11 is 0. The van der Waals surface area contributed by atoms with E-state index in [1.54, 1.807) is 6.92 Å². The van der Waals surface area contributed by atoms with Gasteiger partial charge in [-0.05, 0) is 36.3 Å². The predicted molar refractivity (Wildman–Crippen MR) is 50.6 cm³/mol. The standard InChI is InChI=1S/C10H11NO/c1-8(7-12)6-9-2-4-10(11)5-3-9/h2-7H,11H2,1H3/b8-6-. The van der Waals surface area contributed by atoms with Crippen molar-refractivity contribution < 1.29 is 4.79 Å². The molecule has 0 fully saturated rings. The van der Waals surface area contributed by atoms with Crippen LogP contribution in [0.3, 0.4) is 0 Å². The Bertz CT molecular complexity index is 298. The van der Waals surface area contributed by atoms with E-state index in [-0.39, 0.29) is 0 Å². The second-order valence-corrected chi connectivity index (χ2v) is 2.67. The van der Waals surface area contributed by atoms with Crippen LogP contribution in [0.5, 0.6) is 0 Å². The molecule has 0 bridgehead atoms. The Balaban J connectivity index is 2.91. The minimum Gasteiger partial charge on any atom is -0.399 e. The molecule has 0 aromatic heterocycles. The highest BCUT2D eigenvalue weighted by Crippen LogP contribution is 2.08. The Morgan fingerprint density at radius 3 is 2.42 bits per heavy atom.